The highest BCUT2D eigenvalue weighted by Gasteiger charge is 2.26. The summed E-state index contributed by atoms with van der Waals surface area (Å²) in [6.07, 6.45) is 0.741. The zero-order valence-corrected chi connectivity index (χ0v) is 23.7. The van der Waals surface area contributed by atoms with Crippen molar-refractivity contribution < 1.29 is 27.0 Å². The monoisotopic (exact) mass is 564 g/mol. The molecule has 3 aromatic carbocycles. The second-order valence-electron chi connectivity index (χ2n) is 10.4. The number of amidine groups is 1. The summed E-state index contributed by atoms with van der Waals surface area (Å²) in [5, 5.41) is 13.1. The number of amides is 2. The first-order valence-corrected chi connectivity index (χ1v) is 14.1. The summed E-state index contributed by atoms with van der Waals surface area (Å²) in [7, 11) is -4.17. The Morgan fingerprint density at radius 3 is 2.02 bits per heavy atom. The third-order valence-electron chi connectivity index (χ3n) is 6.29. The molecule has 40 heavy (non-hydrogen) atoms. The van der Waals surface area contributed by atoms with Crippen molar-refractivity contribution in [2.24, 2.45) is 11.1 Å². The molecule has 3 aromatic rings. The normalized spacial score (nSPS) is 12.2. The third-order valence-corrected chi connectivity index (χ3v) is 6.75. The first kappa shape index (κ1) is 30.0. The summed E-state index contributed by atoms with van der Waals surface area (Å²) in [6.45, 7) is 7.76. The number of benzene rings is 3. The highest BCUT2D eigenvalue weighted by atomic mass is 32.2. The van der Waals surface area contributed by atoms with E-state index in [0.29, 0.717) is 16.8 Å². The molecular weight excluding hydrogens is 532 g/mol. The lowest BCUT2D eigenvalue weighted by molar-refractivity contribution is 0.0748. The average Bonchev–Trinajstić information content (AvgIpc) is 2.87. The molecule has 0 saturated carbocycles. The number of rotatable bonds is 8. The smallest absolute Gasteiger partial charge is 0.354 e. The van der Waals surface area contributed by atoms with Crippen molar-refractivity contribution in [1.82, 2.24) is 5.32 Å². The molecule has 0 fully saturated rings. The van der Waals surface area contributed by atoms with E-state index in [1.165, 1.54) is 18.2 Å². The van der Waals surface area contributed by atoms with Gasteiger partial charge in [-0.15, -0.1) is 0 Å². The molecule has 0 saturated heterocycles. The molecule has 0 radical (unpaired) electrons. The molecule has 0 aromatic heterocycles. The molecule has 1 atom stereocenters. The standard InChI is InChI=1S/C29H32N4O6S/c1-17(29(2,3)4)32-26(34)19-12-15-22(24(16-19)28(36)39-40(5,37)38)21-8-6-7-9-23(21)27(35)33-20-13-10-18(11-14-20)25(30)31/h6-17H,1-5H3,(H3,30,31)(H,32,34)(H,33,35). The van der Waals surface area contributed by atoms with E-state index in [0.717, 1.165) is 6.26 Å². The molecule has 2 amide bonds. The Hall–Kier alpha value is -4.51. The second kappa shape index (κ2) is 11.7. The molecule has 11 heteroatoms. The maximum absolute atomic E-state index is 13.3. The van der Waals surface area contributed by atoms with Gasteiger partial charge in [0.25, 0.3) is 11.8 Å². The maximum Gasteiger partial charge on any atom is 0.354 e. The van der Waals surface area contributed by atoms with E-state index in [1.54, 1.807) is 48.5 Å². The number of carbonyl (C=O) groups is 3. The summed E-state index contributed by atoms with van der Waals surface area (Å²) >= 11 is 0. The van der Waals surface area contributed by atoms with Crippen LogP contribution in [-0.4, -0.2) is 44.3 Å². The van der Waals surface area contributed by atoms with E-state index >= 15 is 0 Å². The van der Waals surface area contributed by atoms with Crippen LogP contribution in [0.4, 0.5) is 5.69 Å². The van der Waals surface area contributed by atoms with Crippen molar-refractivity contribution in [3.8, 4) is 11.1 Å². The van der Waals surface area contributed by atoms with Crippen molar-refractivity contribution in [2.75, 3.05) is 11.6 Å². The molecule has 0 aliphatic heterocycles. The lowest BCUT2D eigenvalue weighted by Crippen LogP contribution is -2.41. The van der Waals surface area contributed by atoms with Gasteiger partial charge in [0.05, 0.1) is 11.8 Å². The Bertz CT molecular complexity index is 1570. The fourth-order valence-corrected chi connectivity index (χ4v) is 3.98. The van der Waals surface area contributed by atoms with Crippen LogP contribution in [0.3, 0.4) is 0 Å². The summed E-state index contributed by atoms with van der Waals surface area (Å²) in [5.41, 5.74) is 6.81. The number of nitrogens with one attached hydrogen (secondary N) is 3. The minimum Gasteiger partial charge on any atom is -0.384 e. The van der Waals surface area contributed by atoms with E-state index in [1.807, 2.05) is 27.7 Å². The van der Waals surface area contributed by atoms with Crippen molar-refractivity contribution in [3.63, 3.8) is 0 Å². The van der Waals surface area contributed by atoms with E-state index in [-0.39, 0.29) is 39.5 Å². The molecule has 1 unspecified atom stereocenters. The molecule has 5 N–H and O–H groups in total. The van der Waals surface area contributed by atoms with Gasteiger partial charge in [-0.3, -0.25) is 15.0 Å². The van der Waals surface area contributed by atoms with Gasteiger partial charge in [-0.1, -0.05) is 45.0 Å². The van der Waals surface area contributed by atoms with Gasteiger partial charge < -0.3 is 20.6 Å². The number of hydrogen-bond acceptors (Lipinski definition) is 7. The first-order valence-electron chi connectivity index (χ1n) is 12.3. The van der Waals surface area contributed by atoms with Crippen LogP contribution in [0.5, 0.6) is 0 Å². The number of nitrogens with two attached hydrogens (primary N) is 1. The first-order chi connectivity index (χ1) is 18.6. The van der Waals surface area contributed by atoms with Gasteiger partial charge in [0.2, 0.25) is 0 Å². The Morgan fingerprint density at radius 2 is 1.45 bits per heavy atom. The quantitative estimate of drug-likeness (QED) is 0.181. The molecule has 0 spiro atoms. The van der Waals surface area contributed by atoms with Gasteiger partial charge in [-0.25, -0.2) is 4.79 Å². The van der Waals surface area contributed by atoms with Crippen LogP contribution in [0, 0.1) is 10.8 Å². The van der Waals surface area contributed by atoms with E-state index < -0.39 is 27.9 Å². The van der Waals surface area contributed by atoms with Crippen molar-refractivity contribution >= 4 is 39.4 Å². The minimum absolute atomic E-state index is 0.110. The van der Waals surface area contributed by atoms with Crippen molar-refractivity contribution in [2.45, 2.75) is 33.7 Å². The number of nitrogen functional groups attached to an aromatic ring is 1. The molecule has 0 bridgehead atoms. The number of carbonyl (C=O) groups excluding carboxylic acids is 3. The molecule has 0 aliphatic carbocycles. The van der Waals surface area contributed by atoms with E-state index in [2.05, 4.69) is 14.8 Å². The number of hydrogen-bond donors (Lipinski definition) is 4. The van der Waals surface area contributed by atoms with Gasteiger partial charge in [-0.2, -0.15) is 8.42 Å². The average molecular weight is 565 g/mol. The molecule has 3 rings (SSSR count). The van der Waals surface area contributed by atoms with Crippen molar-refractivity contribution in [3.05, 3.63) is 89.0 Å². The molecule has 0 aliphatic rings. The van der Waals surface area contributed by atoms with Crippen LogP contribution in [0.2, 0.25) is 0 Å². The van der Waals surface area contributed by atoms with Crippen LogP contribution in [0.15, 0.2) is 66.7 Å². The summed E-state index contributed by atoms with van der Waals surface area (Å²) in [6, 6.07) is 16.8. The highest BCUT2D eigenvalue weighted by molar-refractivity contribution is 7.86. The largest absolute Gasteiger partial charge is 0.384 e. The van der Waals surface area contributed by atoms with Crippen LogP contribution in [0.1, 0.15) is 64.3 Å². The van der Waals surface area contributed by atoms with Crippen molar-refractivity contribution in [1.29, 1.82) is 5.41 Å². The topological polar surface area (TPSA) is 169 Å². The molecule has 10 nitrogen and oxygen atoms in total. The molecule has 210 valence electrons. The summed E-state index contributed by atoms with van der Waals surface area (Å²) in [5.74, 6) is -2.26. The van der Waals surface area contributed by atoms with Gasteiger partial charge in [-0.05, 0) is 65.9 Å². The number of anilines is 1. The van der Waals surface area contributed by atoms with Gasteiger partial charge in [0.15, 0.2) is 0 Å². The third kappa shape index (κ3) is 7.54. The SMILES string of the molecule is CC(NC(=O)c1ccc(-c2ccccc2C(=O)Nc2ccc(C(=N)N)cc2)c(C(=O)OS(C)(=O)=O)c1)C(C)(C)C. The zero-order chi connectivity index (χ0) is 29.8. The summed E-state index contributed by atoms with van der Waals surface area (Å²) in [4.78, 5) is 39.3. The lowest BCUT2D eigenvalue weighted by Gasteiger charge is -2.28. The van der Waals surface area contributed by atoms with Crippen LogP contribution >= 0.6 is 0 Å². The second-order valence-corrected chi connectivity index (χ2v) is 12.0. The van der Waals surface area contributed by atoms with Gasteiger partial charge in [0.1, 0.15) is 5.84 Å². The fourth-order valence-electron chi connectivity index (χ4n) is 3.62. The lowest BCUT2D eigenvalue weighted by atomic mass is 9.88. The predicted octanol–water partition coefficient (Wildman–Crippen LogP) is 4.17. The highest BCUT2D eigenvalue weighted by Crippen LogP contribution is 2.30. The predicted molar refractivity (Wildman–Crippen MR) is 154 cm³/mol. The fraction of sp³-hybridized carbons (Fsp3) is 0.241. The minimum atomic E-state index is -4.17. The van der Waals surface area contributed by atoms with Crippen LogP contribution in [-0.2, 0) is 14.3 Å². The summed E-state index contributed by atoms with van der Waals surface area (Å²) < 4.78 is 28.2. The van der Waals surface area contributed by atoms with E-state index in [4.69, 9.17) is 11.1 Å². The maximum atomic E-state index is 13.3. The Balaban J connectivity index is 2.05. The van der Waals surface area contributed by atoms with E-state index in [9.17, 15) is 22.8 Å². The molecule has 0 heterocycles. The van der Waals surface area contributed by atoms with Gasteiger partial charge >= 0.3 is 16.1 Å². The van der Waals surface area contributed by atoms with Crippen LogP contribution in [0.25, 0.3) is 11.1 Å². The Labute approximate surface area is 233 Å². The van der Waals surface area contributed by atoms with Crippen LogP contribution < -0.4 is 16.4 Å². The Kier molecular flexibility index (Phi) is 8.79. The van der Waals surface area contributed by atoms with Gasteiger partial charge in [0, 0.05) is 28.4 Å². The zero-order valence-electron chi connectivity index (χ0n) is 22.9. The molecular formula is C29H32N4O6S. The Morgan fingerprint density at radius 1 is 0.875 bits per heavy atom.